The topological polar surface area (TPSA) is 113 Å². The molecule has 2 amide bonds. The van der Waals surface area contributed by atoms with Crippen LogP contribution in [0, 0.1) is 0 Å². The van der Waals surface area contributed by atoms with Crippen LogP contribution in [0.5, 0.6) is 11.5 Å². The summed E-state index contributed by atoms with van der Waals surface area (Å²) in [4.78, 5) is 29.9. The molecule has 34 heavy (non-hydrogen) atoms. The van der Waals surface area contributed by atoms with Crippen LogP contribution in [-0.2, 0) is 20.0 Å². The number of para-hydroxylation sites is 1. The number of ether oxygens (including phenoxy) is 2. The Morgan fingerprint density at radius 2 is 1.94 bits per heavy atom. The van der Waals surface area contributed by atoms with Crippen molar-refractivity contribution in [2.45, 2.75) is 31.1 Å². The van der Waals surface area contributed by atoms with E-state index in [1.807, 2.05) is 24.3 Å². The second kappa shape index (κ2) is 8.70. The van der Waals surface area contributed by atoms with E-state index in [0.717, 1.165) is 17.5 Å². The van der Waals surface area contributed by atoms with Crippen LogP contribution in [-0.4, -0.2) is 62.8 Å². The molecule has 2 heterocycles. The highest BCUT2D eigenvalue weighted by Crippen LogP contribution is 2.42. The summed E-state index contributed by atoms with van der Waals surface area (Å²) in [5.74, 6) is -0.425. The molecule has 0 saturated carbocycles. The summed E-state index contributed by atoms with van der Waals surface area (Å²) in [6, 6.07) is 9.96. The van der Waals surface area contributed by atoms with Crippen molar-refractivity contribution in [2.75, 3.05) is 36.3 Å². The average Bonchev–Trinajstić information content (AvgIpc) is 3.06. The van der Waals surface area contributed by atoms with Gasteiger partial charge >= 0.3 is 6.09 Å². The molecule has 0 aromatic heterocycles. The van der Waals surface area contributed by atoms with Crippen LogP contribution in [0.3, 0.4) is 0 Å². The van der Waals surface area contributed by atoms with E-state index in [1.54, 1.807) is 18.7 Å². The average molecular weight is 507 g/mol. The fraction of sp³-hybridized carbons (Fsp3) is 0.391. The number of hydrogen-bond donors (Lipinski definition) is 1. The zero-order valence-electron chi connectivity index (χ0n) is 19.3. The smallest absolute Gasteiger partial charge is 0.414 e. The highest BCUT2D eigenvalue weighted by molar-refractivity contribution is 8.72. The predicted octanol–water partition coefficient (Wildman–Crippen LogP) is 3.40. The van der Waals surface area contributed by atoms with Gasteiger partial charge in [0, 0.05) is 18.0 Å². The van der Waals surface area contributed by atoms with Crippen LogP contribution in [0.2, 0.25) is 0 Å². The van der Waals surface area contributed by atoms with Crippen molar-refractivity contribution < 1.29 is 32.6 Å². The van der Waals surface area contributed by atoms with Crippen LogP contribution in [0.1, 0.15) is 29.8 Å². The first kappa shape index (κ1) is 24.2. The van der Waals surface area contributed by atoms with Gasteiger partial charge in [-0.2, -0.15) is 0 Å². The lowest BCUT2D eigenvalue weighted by molar-refractivity contribution is 0.0983. The Bertz CT molecular complexity index is 1260. The molecule has 2 aliphatic heterocycles. The minimum atomic E-state index is -3.36. The van der Waals surface area contributed by atoms with Crippen molar-refractivity contribution in [1.82, 2.24) is 0 Å². The second-order valence-electron chi connectivity index (χ2n) is 8.92. The molecular formula is C23H26N2O7S2. The Labute approximate surface area is 202 Å². The molecule has 0 aliphatic carbocycles. The van der Waals surface area contributed by atoms with Crippen molar-refractivity contribution in [1.29, 1.82) is 0 Å². The van der Waals surface area contributed by atoms with Crippen LogP contribution in [0.4, 0.5) is 16.2 Å². The van der Waals surface area contributed by atoms with Crippen molar-refractivity contribution >= 4 is 43.0 Å². The summed E-state index contributed by atoms with van der Waals surface area (Å²) in [6.45, 7) is 3.30. The van der Waals surface area contributed by atoms with Gasteiger partial charge in [-0.05, 0) is 48.8 Å². The van der Waals surface area contributed by atoms with E-state index in [0.29, 0.717) is 17.2 Å². The number of hydrogen-bond acceptors (Lipinski definition) is 8. The van der Waals surface area contributed by atoms with Gasteiger partial charge in [0.15, 0.2) is 20.4 Å². The number of amides is 2. The molecule has 2 aromatic rings. The maximum absolute atomic E-state index is 13.6. The number of fused-ring (bicyclic) bond motifs is 4. The van der Waals surface area contributed by atoms with E-state index in [1.165, 1.54) is 24.1 Å². The molecule has 0 saturated heterocycles. The summed E-state index contributed by atoms with van der Waals surface area (Å²) in [5.41, 5.74) is 2.16. The maximum Gasteiger partial charge on any atom is 0.414 e. The molecule has 0 radical (unpaired) electrons. The first-order valence-corrected chi connectivity index (χ1v) is 13.8. The predicted molar refractivity (Wildman–Crippen MR) is 131 cm³/mol. The van der Waals surface area contributed by atoms with Crippen molar-refractivity contribution in [2.24, 2.45) is 0 Å². The summed E-state index contributed by atoms with van der Waals surface area (Å²) >= 11 is 0. The van der Waals surface area contributed by atoms with Gasteiger partial charge in [0.1, 0.15) is 6.61 Å². The third kappa shape index (κ3) is 4.67. The van der Waals surface area contributed by atoms with Crippen molar-refractivity contribution in [3.8, 4) is 11.5 Å². The van der Waals surface area contributed by atoms with E-state index in [-0.39, 0.29) is 47.9 Å². The van der Waals surface area contributed by atoms with E-state index < -0.39 is 19.7 Å². The lowest BCUT2D eigenvalue weighted by atomic mass is 10.1. The third-order valence-corrected chi connectivity index (χ3v) is 8.78. The summed E-state index contributed by atoms with van der Waals surface area (Å²) < 4.78 is 33.2. The highest BCUT2D eigenvalue weighted by Gasteiger charge is 2.42. The molecule has 0 spiro atoms. The second-order valence-corrected chi connectivity index (χ2v) is 13.9. The summed E-state index contributed by atoms with van der Waals surface area (Å²) in [6.07, 6.45) is 0.914. The van der Waals surface area contributed by atoms with Gasteiger partial charge in [0.05, 0.1) is 35.7 Å². The van der Waals surface area contributed by atoms with Gasteiger partial charge in [0.2, 0.25) is 0 Å². The Balaban J connectivity index is 1.71. The Morgan fingerprint density at radius 1 is 1.24 bits per heavy atom. The fourth-order valence-corrected chi connectivity index (χ4v) is 7.89. The quantitative estimate of drug-likeness (QED) is 0.614. The van der Waals surface area contributed by atoms with Gasteiger partial charge in [-0.3, -0.25) is 9.69 Å². The Morgan fingerprint density at radius 3 is 2.62 bits per heavy atom. The number of methoxy groups -OCH3 is 1. The van der Waals surface area contributed by atoms with Crippen LogP contribution < -0.4 is 14.5 Å². The zero-order valence-corrected chi connectivity index (χ0v) is 20.9. The van der Waals surface area contributed by atoms with Crippen LogP contribution >= 0.6 is 10.8 Å². The largest absolute Gasteiger partial charge is 0.504 e. The van der Waals surface area contributed by atoms with Crippen LogP contribution in [0.15, 0.2) is 36.4 Å². The van der Waals surface area contributed by atoms with Gasteiger partial charge in [-0.1, -0.05) is 18.2 Å². The number of nitrogens with zero attached hydrogens (tertiary/aromatic N) is 2. The first-order valence-electron chi connectivity index (χ1n) is 10.6. The highest BCUT2D eigenvalue weighted by atomic mass is 33.1. The monoisotopic (exact) mass is 506 g/mol. The fourth-order valence-electron chi connectivity index (χ4n) is 4.36. The van der Waals surface area contributed by atoms with Crippen LogP contribution in [0.25, 0.3) is 0 Å². The van der Waals surface area contributed by atoms with E-state index in [4.69, 9.17) is 9.47 Å². The number of carbonyl (C=O) groups excluding carboxylic acids is 2. The number of aromatic hydroxyl groups is 1. The van der Waals surface area contributed by atoms with E-state index in [9.17, 15) is 23.1 Å². The molecule has 182 valence electrons. The molecule has 0 fully saturated rings. The lowest BCUT2D eigenvalue weighted by Gasteiger charge is -2.28. The molecule has 0 bridgehead atoms. The van der Waals surface area contributed by atoms with Gasteiger partial charge in [-0.15, -0.1) is 0 Å². The SMILES string of the molecule is COc1cc2c(cc1O)N(C(=O)OCC(C)(C)SS(C)(=O)=O)C[C@@H]1Cc3ccccc3N1C2=O. The number of benzene rings is 2. The standard InChI is InChI=1S/C23H26N2O7S2/c1-23(2,33-34(4,29)30)13-32-22(28)24-12-15-9-14-7-5-6-8-17(14)25(15)21(27)16-10-20(31-3)19(26)11-18(16)24/h5-8,10-11,15,26H,9,12-13H2,1-4H3/t15-/m0/s1. The molecule has 4 rings (SSSR count). The van der Waals surface area contributed by atoms with Gasteiger partial charge in [0.25, 0.3) is 5.91 Å². The minimum Gasteiger partial charge on any atom is -0.504 e. The van der Waals surface area contributed by atoms with Crippen molar-refractivity contribution in [3.63, 3.8) is 0 Å². The molecule has 0 unspecified atom stereocenters. The number of phenols is 1. The number of phenolic OH excluding ortho intramolecular Hbond substituents is 1. The summed E-state index contributed by atoms with van der Waals surface area (Å²) in [7, 11) is -1.27. The Kier molecular flexibility index (Phi) is 6.19. The lowest BCUT2D eigenvalue weighted by Crippen LogP contribution is -2.44. The normalized spacial score (nSPS) is 17.5. The Hall–Kier alpha value is -2.92. The molecule has 11 heteroatoms. The summed E-state index contributed by atoms with van der Waals surface area (Å²) in [5, 5.41) is 10.4. The third-order valence-electron chi connectivity index (χ3n) is 5.64. The first-order chi connectivity index (χ1) is 15.9. The number of carbonyl (C=O) groups is 2. The van der Waals surface area contributed by atoms with Crippen molar-refractivity contribution in [3.05, 3.63) is 47.5 Å². The van der Waals surface area contributed by atoms with E-state index in [2.05, 4.69) is 0 Å². The van der Waals surface area contributed by atoms with Gasteiger partial charge in [-0.25, -0.2) is 13.2 Å². The number of rotatable bonds is 5. The minimum absolute atomic E-state index is 0.108. The van der Waals surface area contributed by atoms with E-state index >= 15 is 0 Å². The molecular weight excluding hydrogens is 480 g/mol. The van der Waals surface area contributed by atoms with Gasteiger partial charge < -0.3 is 19.5 Å². The molecule has 1 N–H and O–H groups in total. The molecule has 1 atom stereocenters. The number of anilines is 2. The molecule has 9 nitrogen and oxygen atoms in total. The molecule has 2 aliphatic rings. The maximum atomic E-state index is 13.6. The molecule has 2 aromatic carbocycles. The zero-order chi connectivity index (χ0) is 24.8.